The summed E-state index contributed by atoms with van der Waals surface area (Å²) >= 11 is 1.26. The minimum absolute atomic E-state index is 0.0951. The third-order valence-electron chi connectivity index (χ3n) is 5.48. The van der Waals surface area contributed by atoms with Crippen molar-refractivity contribution in [2.75, 3.05) is 20.0 Å². The second-order valence-electron chi connectivity index (χ2n) is 7.45. The van der Waals surface area contributed by atoms with Crippen LogP contribution in [0.1, 0.15) is 28.9 Å². The van der Waals surface area contributed by atoms with Crippen LogP contribution in [0.2, 0.25) is 0 Å². The number of nitrogens with zero attached hydrogens (tertiary/aromatic N) is 2. The molecule has 0 saturated heterocycles. The fourth-order valence-electron chi connectivity index (χ4n) is 3.67. The van der Waals surface area contributed by atoms with E-state index in [2.05, 4.69) is 0 Å². The maximum Gasteiger partial charge on any atom is 0.262 e. The van der Waals surface area contributed by atoms with Gasteiger partial charge < -0.3 is 9.47 Å². The Kier molecular flexibility index (Phi) is 6.79. The van der Waals surface area contributed by atoms with E-state index < -0.39 is 0 Å². The molecule has 0 aliphatic carbocycles. The SMILES string of the molecule is COc1ccc(C(=O)CSc2nc3ccccc3c(=O)n2[C@@H](C)c2ccccc2)cc1OC. The molecule has 0 unspecified atom stereocenters. The molecule has 1 atom stereocenters. The summed E-state index contributed by atoms with van der Waals surface area (Å²) in [5.41, 5.74) is 1.98. The van der Waals surface area contributed by atoms with Crippen LogP contribution in [0.25, 0.3) is 10.9 Å². The van der Waals surface area contributed by atoms with Gasteiger partial charge in [-0.3, -0.25) is 14.2 Å². The van der Waals surface area contributed by atoms with Crippen LogP contribution in [0.15, 0.2) is 82.7 Å². The summed E-state index contributed by atoms with van der Waals surface area (Å²) in [5, 5.41) is 1.06. The standard InChI is InChI=1S/C26H24N2O4S/c1-17(18-9-5-4-6-10-18)28-25(30)20-11-7-8-12-21(20)27-26(28)33-16-22(29)19-13-14-23(31-2)24(15-19)32-3/h4-15,17H,16H2,1-3H3/t17-/m0/s1. The van der Waals surface area contributed by atoms with Crippen LogP contribution in [-0.4, -0.2) is 35.3 Å². The fourth-order valence-corrected chi connectivity index (χ4v) is 4.64. The Bertz CT molecular complexity index is 1350. The van der Waals surface area contributed by atoms with Crippen molar-refractivity contribution in [3.63, 3.8) is 0 Å². The van der Waals surface area contributed by atoms with Crippen LogP contribution in [0.4, 0.5) is 0 Å². The predicted octanol–water partition coefficient (Wildman–Crippen LogP) is 5.00. The van der Waals surface area contributed by atoms with Gasteiger partial charge in [-0.15, -0.1) is 0 Å². The van der Waals surface area contributed by atoms with E-state index in [1.165, 1.54) is 18.9 Å². The number of rotatable bonds is 8. The van der Waals surface area contributed by atoms with Gasteiger partial charge in [0.15, 0.2) is 22.4 Å². The molecule has 0 fully saturated rings. The summed E-state index contributed by atoms with van der Waals surface area (Å²) in [6.07, 6.45) is 0. The molecular weight excluding hydrogens is 436 g/mol. The molecule has 168 valence electrons. The largest absolute Gasteiger partial charge is 0.493 e. The van der Waals surface area contributed by atoms with Gasteiger partial charge in [-0.2, -0.15) is 0 Å². The van der Waals surface area contributed by atoms with Gasteiger partial charge in [-0.25, -0.2) is 4.98 Å². The fraction of sp³-hybridized carbons (Fsp3) is 0.192. The van der Waals surface area contributed by atoms with Crippen molar-refractivity contribution in [3.05, 3.63) is 94.3 Å². The minimum Gasteiger partial charge on any atom is -0.493 e. The number of thioether (sulfide) groups is 1. The van der Waals surface area contributed by atoms with Crippen LogP contribution >= 0.6 is 11.8 Å². The zero-order valence-electron chi connectivity index (χ0n) is 18.6. The first-order chi connectivity index (χ1) is 16.0. The van der Waals surface area contributed by atoms with Gasteiger partial charge in [0, 0.05) is 5.56 Å². The first-order valence-corrected chi connectivity index (χ1v) is 11.5. The molecule has 0 amide bonds. The lowest BCUT2D eigenvalue weighted by Crippen LogP contribution is -2.27. The van der Waals surface area contributed by atoms with Gasteiger partial charge in [0.2, 0.25) is 0 Å². The maximum absolute atomic E-state index is 13.4. The number of aromatic nitrogens is 2. The quantitative estimate of drug-likeness (QED) is 0.209. The lowest BCUT2D eigenvalue weighted by Gasteiger charge is -2.20. The van der Waals surface area contributed by atoms with Crippen molar-refractivity contribution < 1.29 is 14.3 Å². The Balaban J connectivity index is 1.70. The van der Waals surface area contributed by atoms with Crippen molar-refractivity contribution in [1.82, 2.24) is 9.55 Å². The molecule has 0 radical (unpaired) electrons. The normalized spacial score (nSPS) is 11.8. The second kappa shape index (κ2) is 9.92. The van der Waals surface area contributed by atoms with E-state index >= 15 is 0 Å². The van der Waals surface area contributed by atoms with Crippen molar-refractivity contribution in [3.8, 4) is 11.5 Å². The van der Waals surface area contributed by atoms with Crippen LogP contribution in [0.3, 0.4) is 0 Å². The molecule has 0 saturated carbocycles. The summed E-state index contributed by atoms with van der Waals surface area (Å²) in [6, 6.07) is 21.9. The second-order valence-corrected chi connectivity index (χ2v) is 8.40. The molecular formula is C26H24N2O4S. The molecule has 4 aromatic rings. The molecule has 0 spiro atoms. The Morgan fingerprint density at radius 2 is 1.67 bits per heavy atom. The number of ether oxygens (including phenoxy) is 2. The highest BCUT2D eigenvalue weighted by molar-refractivity contribution is 7.99. The van der Waals surface area contributed by atoms with Crippen LogP contribution in [-0.2, 0) is 0 Å². The third kappa shape index (κ3) is 4.64. The number of carbonyl (C=O) groups is 1. The monoisotopic (exact) mass is 460 g/mol. The van der Waals surface area contributed by atoms with E-state index in [9.17, 15) is 9.59 Å². The van der Waals surface area contributed by atoms with Crippen LogP contribution in [0, 0.1) is 0 Å². The average molecular weight is 461 g/mol. The van der Waals surface area contributed by atoms with Gasteiger partial charge in [-0.05, 0) is 42.8 Å². The number of methoxy groups -OCH3 is 2. The van der Waals surface area contributed by atoms with Gasteiger partial charge in [0.1, 0.15) is 0 Å². The summed E-state index contributed by atoms with van der Waals surface area (Å²) in [4.78, 5) is 31.1. The highest BCUT2D eigenvalue weighted by Gasteiger charge is 2.19. The Morgan fingerprint density at radius 3 is 2.39 bits per heavy atom. The van der Waals surface area contributed by atoms with Gasteiger partial charge >= 0.3 is 0 Å². The highest BCUT2D eigenvalue weighted by atomic mass is 32.2. The number of carbonyl (C=O) groups excluding carboxylic acids is 1. The molecule has 6 nitrogen and oxygen atoms in total. The lowest BCUT2D eigenvalue weighted by atomic mass is 10.1. The molecule has 3 aromatic carbocycles. The molecule has 33 heavy (non-hydrogen) atoms. The van der Waals surface area contributed by atoms with Gasteiger partial charge in [0.25, 0.3) is 5.56 Å². The lowest BCUT2D eigenvalue weighted by molar-refractivity contribution is 0.102. The number of ketones is 1. The highest BCUT2D eigenvalue weighted by Crippen LogP contribution is 2.29. The molecule has 0 aliphatic rings. The zero-order chi connectivity index (χ0) is 23.4. The summed E-state index contributed by atoms with van der Waals surface area (Å²) in [6.45, 7) is 1.97. The molecule has 0 N–H and O–H groups in total. The minimum atomic E-state index is -0.241. The average Bonchev–Trinajstić information content (AvgIpc) is 2.87. The van der Waals surface area contributed by atoms with Crippen molar-refractivity contribution >= 4 is 28.4 Å². The van der Waals surface area contributed by atoms with Crippen molar-refractivity contribution in [1.29, 1.82) is 0 Å². The number of para-hydroxylation sites is 1. The van der Waals surface area contributed by atoms with Crippen molar-refractivity contribution in [2.45, 2.75) is 18.1 Å². The summed E-state index contributed by atoms with van der Waals surface area (Å²) in [7, 11) is 3.08. The Hall–Kier alpha value is -3.58. The molecule has 1 aromatic heterocycles. The van der Waals surface area contributed by atoms with Crippen molar-refractivity contribution in [2.24, 2.45) is 0 Å². The first kappa shape index (κ1) is 22.6. The maximum atomic E-state index is 13.4. The summed E-state index contributed by atoms with van der Waals surface area (Å²) in [5.74, 6) is 1.08. The molecule has 0 bridgehead atoms. The first-order valence-electron chi connectivity index (χ1n) is 10.5. The summed E-state index contributed by atoms with van der Waals surface area (Å²) < 4.78 is 12.2. The Morgan fingerprint density at radius 1 is 0.970 bits per heavy atom. The number of fused-ring (bicyclic) bond motifs is 1. The van der Waals surface area contributed by atoms with E-state index in [4.69, 9.17) is 14.5 Å². The van der Waals surface area contributed by atoms with Crippen LogP contribution < -0.4 is 15.0 Å². The molecule has 0 aliphatic heterocycles. The van der Waals surface area contributed by atoms with E-state index in [-0.39, 0.29) is 23.1 Å². The Labute approximate surface area is 196 Å². The molecule has 7 heteroatoms. The van der Waals surface area contributed by atoms with E-state index in [1.807, 2.05) is 55.5 Å². The number of hydrogen-bond donors (Lipinski definition) is 0. The van der Waals surface area contributed by atoms with E-state index in [0.717, 1.165) is 5.56 Å². The van der Waals surface area contributed by atoms with E-state index in [1.54, 1.807) is 35.9 Å². The van der Waals surface area contributed by atoms with Crippen LogP contribution in [0.5, 0.6) is 11.5 Å². The predicted molar refractivity (Wildman–Crippen MR) is 131 cm³/mol. The number of hydrogen-bond acceptors (Lipinski definition) is 6. The topological polar surface area (TPSA) is 70.4 Å². The zero-order valence-corrected chi connectivity index (χ0v) is 19.5. The molecule has 4 rings (SSSR count). The van der Waals surface area contributed by atoms with E-state index in [0.29, 0.717) is 33.1 Å². The number of Topliss-reactive ketones (excluding diaryl/α,β-unsaturated/α-hetero) is 1. The van der Waals surface area contributed by atoms with Gasteiger partial charge in [-0.1, -0.05) is 54.2 Å². The molecule has 1 heterocycles. The van der Waals surface area contributed by atoms with Gasteiger partial charge in [0.05, 0.1) is 36.9 Å². The third-order valence-corrected chi connectivity index (χ3v) is 6.44. The number of benzene rings is 3. The smallest absolute Gasteiger partial charge is 0.262 e.